The van der Waals surface area contributed by atoms with Gasteiger partial charge >= 0.3 is 0 Å². The van der Waals surface area contributed by atoms with Crippen molar-refractivity contribution in [3.63, 3.8) is 0 Å². The normalized spacial score (nSPS) is 11.5. The summed E-state index contributed by atoms with van der Waals surface area (Å²) < 4.78 is 5.42. The molecule has 0 fully saturated rings. The quantitative estimate of drug-likeness (QED) is 0.494. The summed E-state index contributed by atoms with van der Waals surface area (Å²) in [5, 5.41) is 9.85. The van der Waals surface area contributed by atoms with Crippen LogP contribution in [0.25, 0.3) is 0 Å². The van der Waals surface area contributed by atoms with Crippen molar-refractivity contribution in [2.45, 2.75) is 13.5 Å². The number of thiophene rings is 1. The van der Waals surface area contributed by atoms with E-state index >= 15 is 0 Å². The van der Waals surface area contributed by atoms with Crippen LogP contribution in [0.3, 0.4) is 0 Å². The van der Waals surface area contributed by atoms with Crippen LogP contribution in [0.2, 0.25) is 0 Å². The first-order valence-electron chi connectivity index (χ1n) is 9.80. The molecule has 1 aromatic heterocycles. The highest BCUT2D eigenvalue weighted by atomic mass is 32.1. The fraction of sp³-hybridized carbons (Fsp3) is 0.217. The molecule has 0 saturated carbocycles. The molecule has 3 N–H and O–H groups in total. The molecule has 0 radical (unpaired) electrons. The maximum absolute atomic E-state index is 12.8. The third kappa shape index (κ3) is 6.17. The van der Waals surface area contributed by atoms with E-state index in [1.54, 1.807) is 59.9 Å². The molecule has 1 unspecified atom stereocenters. The highest BCUT2D eigenvalue weighted by Crippen LogP contribution is 2.19. The standard InChI is InChI=1S/C23H25N3O3S/c1-3-29-19-10-8-18(9-11-19)24-23(28)20-6-4-5-7-21(20)25-22(27)15-26(2)14-17-12-13-30-16-17/h4-13,16H,3,14-15H2,1-2H3,(H,24,28)(H,25,27)/p+1. The first-order valence-corrected chi connectivity index (χ1v) is 10.7. The third-order valence-corrected chi connectivity index (χ3v) is 5.15. The van der Waals surface area contributed by atoms with Crippen molar-refractivity contribution in [3.8, 4) is 5.75 Å². The second-order valence-electron chi connectivity index (χ2n) is 6.95. The monoisotopic (exact) mass is 424 g/mol. The maximum atomic E-state index is 12.8. The lowest BCUT2D eigenvalue weighted by molar-refractivity contribution is -0.885. The van der Waals surface area contributed by atoms with Crippen LogP contribution in [-0.4, -0.2) is 32.0 Å². The molecule has 0 spiro atoms. The van der Waals surface area contributed by atoms with Gasteiger partial charge in [0.1, 0.15) is 12.3 Å². The van der Waals surface area contributed by atoms with Crippen LogP contribution in [-0.2, 0) is 11.3 Å². The Labute approximate surface area is 180 Å². The van der Waals surface area contributed by atoms with Gasteiger partial charge in [-0.2, -0.15) is 11.3 Å². The highest BCUT2D eigenvalue weighted by Gasteiger charge is 2.16. The number of nitrogens with one attached hydrogen (secondary N) is 3. The van der Waals surface area contributed by atoms with Crippen LogP contribution in [0.5, 0.6) is 5.75 Å². The lowest BCUT2D eigenvalue weighted by atomic mass is 10.1. The number of ether oxygens (including phenoxy) is 1. The summed E-state index contributed by atoms with van der Waals surface area (Å²) in [5.41, 5.74) is 2.77. The van der Waals surface area contributed by atoms with Crippen molar-refractivity contribution in [2.75, 3.05) is 30.8 Å². The minimum absolute atomic E-state index is 0.135. The smallest absolute Gasteiger partial charge is 0.279 e. The second kappa shape index (κ2) is 10.6. The van der Waals surface area contributed by atoms with Crippen LogP contribution < -0.4 is 20.3 Å². The van der Waals surface area contributed by atoms with Crippen LogP contribution >= 0.6 is 11.3 Å². The Morgan fingerprint density at radius 3 is 2.50 bits per heavy atom. The van der Waals surface area contributed by atoms with Gasteiger partial charge in [-0.3, -0.25) is 9.59 Å². The average molecular weight is 425 g/mol. The molecule has 0 aliphatic heterocycles. The van der Waals surface area contributed by atoms with E-state index in [2.05, 4.69) is 22.1 Å². The summed E-state index contributed by atoms with van der Waals surface area (Å²) >= 11 is 1.65. The van der Waals surface area contributed by atoms with E-state index in [1.165, 1.54) is 5.56 Å². The van der Waals surface area contributed by atoms with Gasteiger partial charge in [-0.25, -0.2) is 0 Å². The molecule has 3 aromatic rings. The number of quaternary nitrogens is 1. The van der Waals surface area contributed by atoms with E-state index in [0.717, 1.165) is 17.2 Å². The maximum Gasteiger partial charge on any atom is 0.279 e. The Kier molecular flexibility index (Phi) is 7.59. The Morgan fingerprint density at radius 1 is 1.03 bits per heavy atom. The number of carbonyl (C=O) groups excluding carboxylic acids is 2. The van der Waals surface area contributed by atoms with Gasteiger partial charge in [0.2, 0.25) is 0 Å². The number of anilines is 2. The third-order valence-electron chi connectivity index (χ3n) is 4.42. The Bertz CT molecular complexity index is 972. The van der Waals surface area contributed by atoms with Crippen molar-refractivity contribution in [1.82, 2.24) is 0 Å². The molecule has 0 saturated heterocycles. The molecule has 3 rings (SSSR count). The first kappa shape index (κ1) is 21.5. The first-order chi connectivity index (χ1) is 14.5. The van der Waals surface area contributed by atoms with Crippen molar-refractivity contribution in [3.05, 3.63) is 76.5 Å². The molecular weight excluding hydrogens is 398 g/mol. The van der Waals surface area contributed by atoms with Crippen molar-refractivity contribution in [1.29, 1.82) is 0 Å². The molecule has 6 nitrogen and oxygen atoms in total. The number of carbonyl (C=O) groups is 2. The molecule has 1 atom stereocenters. The van der Waals surface area contributed by atoms with Gasteiger partial charge in [-0.05, 0) is 60.1 Å². The lowest BCUT2D eigenvalue weighted by Gasteiger charge is -2.15. The largest absolute Gasteiger partial charge is 0.494 e. The van der Waals surface area contributed by atoms with Gasteiger partial charge in [0.25, 0.3) is 11.8 Å². The minimum Gasteiger partial charge on any atom is -0.494 e. The van der Waals surface area contributed by atoms with Gasteiger partial charge in [-0.1, -0.05) is 12.1 Å². The second-order valence-corrected chi connectivity index (χ2v) is 7.73. The summed E-state index contributed by atoms with van der Waals surface area (Å²) in [6.45, 7) is 3.59. The zero-order chi connectivity index (χ0) is 21.3. The number of hydrogen-bond donors (Lipinski definition) is 3. The minimum atomic E-state index is -0.283. The van der Waals surface area contributed by atoms with E-state index in [-0.39, 0.29) is 11.8 Å². The average Bonchev–Trinajstić information content (AvgIpc) is 3.22. The van der Waals surface area contributed by atoms with Crippen LogP contribution in [0.1, 0.15) is 22.8 Å². The predicted octanol–water partition coefficient (Wildman–Crippen LogP) is 3.05. The number of likely N-dealkylation sites (N-methyl/N-ethyl adjacent to an activating group) is 1. The van der Waals surface area contributed by atoms with E-state index in [4.69, 9.17) is 4.74 Å². The van der Waals surface area contributed by atoms with Crippen molar-refractivity contribution >= 4 is 34.5 Å². The molecule has 2 amide bonds. The Hall–Kier alpha value is -3.16. The summed E-state index contributed by atoms with van der Waals surface area (Å²) in [6, 6.07) is 16.2. The highest BCUT2D eigenvalue weighted by molar-refractivity contribution is 7.07. The van der Waals surface area contributed by atoms with E-state index < -0.39 is 0 Å². The Morgan fingerprint density at radius 2 is 1.80 bits per heavy atom. The summed E-state index contributed by atoms with van der Waals surface area (Å²) in [4.78, 5) is 26.3. The van der Waals surface area contributed by atoms with Gasteiger partial charge in [0.05, 0.1) is 24.9 Å². The van der Waals surface area contributed by atoms with Crippen LogP contribution in [0.15, 0.2) is 65.4 Å². The number of hydrogen-bond acceptors (Lipinski definition) is 4. The molecule has 0 aliphatic carbocycles. The van der Waals surface area contributed by atoms with Crippen LogP contribution in [0, 0.1) is 0 Å². The topological polar surface area (TPSA) is 71.9 Å². The van der Waals surface area contributed by atoms with Gasteiger partial charge in [0, 0.05) is 11.3 Å². The molecule has 0 bridgehead atoms. The molecule has 7 heteroatoms. The summed E-state index contributed by atoms with van der Waals surface area (Å²) in [5.74, 6) is 0.329. The molecular formula is C23H26N3O3S+. The van der Waals surface area contributed by atoms with Gasteiger partial charge in [-0.15, -0.1) is 0 Å². The Balaban J connectivity index is 1.61. The zero-order valence-electron chi connectivity index (χ0n) is 17.1. The van der Waals surface area contributed by atoms with E-state index in [0.29, 0.717) is 30.1 Å². The fourth-order valence-electron chi connectivity index (χ4n) is 3.06. The summed E-state index contributed by atoms with van der Waals surface area (Å²) in [6.07, 6.45) is 0. The predicted molar refractivity (Wildman–Crippen MR) is 120 cm³/mol. The molecule has 30 heavy (non-hydrogen) atoms. The van der Waals surface area contributed by atoms with Gasteiger partial charge in [0.15, 0.2) is 6.54 Å². The SMILES string of the molecule is CCOc1ccc(NC(=O)c2ccccc2NC(=O)C[NH+](C)Cc2ccsc2)cc1. The number of amides is 2. The molecule has 156 valence electrons. The number of benzene rings is 2. The van der Waals surface area contributed by atoms with E-state index in [1.807, 2.05) is 19.4 Å². The molecule has 1 heterocycles. The van der Waals surface area contributed by atoms with Crippen molar-refractivity contribution < 1.29 is 19.2 Å². The molecule has 0 aliphatic rings. The van der Waals surface area contributed by atoms with E-state index in [9.17, 15) is 9.59 Å². The number of rotatable bonds is 9. The van der Waals surface area contributed by atoms with Gasteiger partial charge < -0.3 is 20.3 Å². The van der Waals surface area contributed by atoms with Crippen LogP contribution in [0.4, 0.5) is 11.4 Å². The van der Waals surface area contributed by atoms with Crippen molar-refractivity contribution in [2.24, 2.45) is 0 Å². The zero-order valence-corrected chi connectivity index (χ0v) is 17.9. The number of para-hydroxylation sites is 1. The molecule has 2 aromatic carbocycles. The summed E-state index contributed by atoms with van der Waals surface area (Å²) in [7, 11) is 1.97. The fourth-order valence-corrected chi connectivity index (χ4v) is 3.73. The lowest BCUT2D eigenvalue weighted by Crippen LogP contribution is -3.08.